The third-order valence-electron chi connectivity index (χ3n) is 10.5. The third-order valence-corrected chi connectivity index (χ3v) is 11.4. The lowest BCUT2D eigenvalue weighted by atomic mass is 9.92. The van der Waals surface area contributed by atoms with Gasteiger partial charge in [0.15, 0.2) is 18.9 Å². The van der Waals surface area contributed by atoms with Crippen LogP contribution in [0.25, 0.3) is 22.5 Å². The molecule has 0 atom stereocenters. The third kappa shape index (κ3) is 10.5. The molecule has 0 unspecified atom stereocenters. The summed E-state index contributed by atoms with van der Waals surface area (Å²) < 4.78 is 41.4. The van der Waals surface area contributed by atoms with Crippen LogP contribution in [0.4, 0.5) is 0 Å². The molecule has 0 radical (unpaired) electrons. The molecule has 57 heavy (non-hydrogen) atoms. The van der Waals surface area contributed by atoms with E-state index in [-0.39, 0.29) is 4.90 Å². The highest BCUT2D eigenvalue weighted by atomic mass is 32.2. The molecular formula is C46H51N6O4S+. The molecular weight excluding hydrogens is 733 g/mol. The van der Waals surface area contributed by atoms with Crippen LogP contribution < -0.4 is 4.57 Å². The van der Waals surface area contributed by atoms with Gasteiger partial charge in [0, 0.05) is 42.9 Å². The largest absolute Gasteiger partial charge is 0.379 e. The molecule has 1 aliphatic heterocycles. The van der Waals surface area contributed by atoms with Gasteiger partial charge in [0.1, 0.15) is 0 Å². The molecule has 3 aromatic heterocycles. The number of nitrogens with zero attached hydrogens (tertiary/aromatic N) is 6. The number of pyridine rings is 1. The molecule has 3 aromatic carbocycles. The first-order valence-corrected chi connectivity index (χ1v) is 21.2. The summed E-state index contributed by atoms with van der Waals surface area (Å²) in [5.41, 5.74) is 11.5. The van der Waals surface area contributed by atoms with Gasteiger partial charge in [-0.3, -0.25) is 9.45 Å². The second-order valence-electron chi connectivity index (χ2n) is 14.4. The van der Waals surface area contributed by atoms with Gasteiger partial charge in [-0.2, -0.15) is 18.6 Å². The van der Waals surface area contributed by atoms with Crippen LogP contribution in [0.1, 0.15) is 53.8 Å². The minimum Gasteiger partial charge on any atom is -0.379 e. The first-order valence-electron chi connectivity index (χ1n) is 19.8. The number of rotatable bonds is 7. The number of hydrogen-bond donors (Lipinski definition) is 1. The molecule has 3 aliphatic rings. The van der Waals surface area contributed by atoms with Crippen molar-refractivity contribution in [3.05, 3.63) is 168 Å². The monoisotopic (exact) mass is 783 g/mol. The van der Waals surface area contributed by atoms with Gasteiger partial charge in [-0.15, -0.1) is 0 Å². The minimum atomic E-state index is -4.02. The van der Waals surface area contributed by atoms with Crippen LogP contribution in [-0.4, -0.2) is 70.3 Å². The van der Waals surface area contributed by atoms with Crippen molar-refractivity contribution in [1.29, 1.82) is 0 Å². The Morgan fingerprint density at radius 3 is 1.72 bits per heavy atom. The van der Waals surface area contributed by atoms with E-state index in [0.717, 1.165) is 82.0 Å². The van der Waals surface area contributed by atoms with Crippen LogP contribution in [0.15, 0.2) is 145 Å². The summed E-state index contributed by atoms with van der Waals surface area (Å²) in [7, 11) is -4.02. The van der Waals surface area contributed by atoms with Crippen molar-refractivity contribution in [2.45, 2.75) is 56.9 Å². The van der Waals surface area contributed by atoms with Crippen molar-refractivity contribution < 1.29 is 22.3 Å². The molecule has 10 nitrogen and oxygen atoms in total. The maximum Gasteiger partial charge on any atom is 0.294 e. The number of hydrogen-bond acceptors (Lipinski definition) is 6. The van der Waals surface area contributed by atoms with Crippen molar-refractivity contribution in [1.82, 2.24) is 24.5 Å². The van der Waals surface area contributed by atoms with E-state index in [4.69, 9.17) is 9.29 Å². The maximum absolute atomic E-state index is 10.5. The van der Waals surface area contributed by atoms with Gasteiger partial charge < -0.3 is 4.74 Å². The Labute approximate surface area is 336 Å². The Bertz CT molecular complexity index is 2370. The summed E-state index contributed by atoms with van der Waals surface area (Å²) in [4.78, 5) is 2.40. The SMILES string of the molecule is C(/CN1CCOCC1)=C1/CCCc2c1cnn2-c1ccccc1.C(/C[n+]1ccccc1)=C1/CCCc2c1cnn2-c1ccccc1.Cc1ccc(S(=O)(=O)O)cc1. The fourth-order valence-electron chi connectivity index (χ4n) is 7.44. The summed E-state index contributed by atoms with van der Waals surface area (Å²) in [5.74, 6) is 0. The van der Waals surface area contributed by atoms with Gasteiger partial charge in [-0.25, -0.2) is 13.9 Å². The number of ether oxygens (including phenoxy) is 1. The van der Waals surface area contributed by atoms with Gasteiger partial charge in [0.05, 0.1) is 53.3 Å². The minimum absolute atomic E-state index is 0.0666. The smallest absolute Gasteiger partial charge is 0.294 e. The van der Waals surface area contributed by atoms with E-state index in [0.29, 0.717) is 0 Å². The Morgan fingerprint density at radius 2 is 1.19 bits per heavy atom. The fourth-order valence-corrected chi connectivity index (χ4v) is 7.92. The normalized spacial score (nSPS) is 16.8. The van der Waals surface area contributed by atoms with E-state index in [1.54, 1.807) is 12.1 Å². The number of benzene rings is 3. The van der Waals surface area contributed by atoms with E-state index < -0.39 is 10.1 Å². The number of allylic oxidation sites excluding steroid dienone is 3. The molecule has 1 fully saturated rings. The number of aryl methyl sites for hydroxylation is 1. The molecule has 6 aromatic rings. The zero-order valence-corrected chi connectivity index (χ0v) is 33.3. The zero-order valence-electron chi connectivity index (χ0n) is 32.5. The highest BCUT2D eigenvalue weighted by molar-refractivity contribution is 7.85. The van der Waals surface area contributed by atoms with Gasteiger partial charge in [-0.1, -0.05) is 66.2 Å². The second-order valence-corrected chi connectivity index (χ2v) is 15.9. The molecule has 9 rings (SSSR count). The lowest BCUT2D eigenvalue weighted by Crippen LogP contribution is -2.36. The van der Waals surface area contributed by atoms with E-state index in [9.17, 15) is 8.42 Å². The number of aromatic nitrogens is 5. The fraction of sp³-hybridized carbons (Fsp3) is 0.283. The summed E-state index contributed by atoms with van der Waals surface area (Å²) in [6.07, 6.45) is 19.9. The average Bonchev–Trinajstić information content (AvgIpc) is 3.90. The number of fused-ring (bicyclic) bond motifs is 2. The maximum atomic E-state index is 10.5. The van der Waals surface area contributed by atoms with E-state index in [1.165, 1.54) is 58.6 Å². The first kappa shape index (κ1) is 39.8. The molecule has 11 heteroatoms. The molecule has 0 bridgehead atoms. The summed E-state index contributed by atoms with van der Waals surface area (Å²) in [5, 5.41) is 9.30. The van der Waals surface area contributed by atoms with Crippen LogP contribution in [0.3, 0.4) is 0 Å². The summed E-state index contributed by atoms with van der Waals surface area (Å²) in [6, 6.07) is 33.0. The van der Waals surface area contributed by atoms with Crippen LogP contribution in [-0.2, 0) is 34.2 Å². The zero-order chi connectivity index (χ0) is 39.5. The Balaban J connectivity index is 0.000000139. The quantitative estimate of drug-likeness (QED) is 0.130. The number of para-hydroxylation sites is 2. The second kappa shape index (κ2) is 19.1. The summed E-state index contributed by atoms with van der Waals surface area (Å²) in [6.45, 7) is 7.58. The highest BCUT2D eigenvalue weighted by Gasteiger charge is 2.22. The molecule has 0 spiro atoms. The molecule has 0 amide bonds. The van der Waals surface area contributed by atoms with Crippen LogP contribution in [0.5, 0.6) is 0 Å². The van der Waals surface area contributed by atoms with Crippen molar-refractivity contribution in [2.75, 3.05) is 32.8 Å². The summed E-state index contributed by atoms with van der Waals surface area (Å²) >= 11 is 0. The standard InChI is InChI=1S/C20H20N3.C19H23N3O.C7H8O3S/c1-3-9-18(10-4-1)23-20-11-7-8-17(19(20)16-21-23)12-15-22-13-5-2-6-14-22;1-2-6-17(7-3-1)22-19-8-4-5-16(18(19)15-20-22)9-10-21-11-13-23-14-12-21;1-6-2-4-7(5-3-6)11(8,9)10/h1-6,9-10,12-14,16H,7-8,11,15H2;1-3,6-7,9,15H,4-5,8,10-14H2;2-5H,1H3,(H,8,9,10)/q+1;;/b17-12+;16-9+;. The van der Waals surface area contributed by atoms with Crippen molar-refractivity contribution in [3.8, 4) is 11.4 Å². The Kier molecular flexibility index (Phi) is 13.3. The van der Waals surface area contributed by atoms with Crippen LogP contribution >= 0.6 is 0 Å². The molecule has 1 saturated heterocycles. The number of morpholine rings is 1. The lowest BCUT2D eigenvalue weighted by Gasteiger charge is -2.26. The van der Waals surface area contributed by atoms with Crippen molar-refractivity contribution in [2.24, 2.45) is 0 Å². The Hall–Kier alpha value is -5.46. The first-order chi connectivity index (χ1) is 27.8. The molecule has 1 N–H and O–H groups in total. The molecule has 294 valence electrons. The van der Waals surface area contributed by atoms with Crippen LogP contribution in [0, 0.1) is 6.92 Å². The predicted octanol–water partition coefficient (Wildman–Crippen LogP) is 7.75. The highest BCUT2D eigenvalue weighted by Crippen LogP contribution is 2.33. The van der Waals surface area contributed by atoms with Crippen molar-refractivity contribution >= 4 is 21.3 Å². The Morgan fingerprint density at radius 1 is 0.684 bits per heavy atom. The lowest BCUT2D eigenvalue weighted by molar-refractivity contribution is -0.686. The van der Waals surface area contributed by atoms with Crippen molar-refractivity contribution in [3.63, 3.8) is 0 Å². The average molecular weight is 784 g/mol. The van der Waals surface area contributed by atoms with Gasteiger partial charge in [-0.05, 0) is 99.1 Å². The van der Waals surface area contributed by atoms with Crippen LogP contribution in [0.2, 0.25) is 0 Å². The molecule has 0 saturated carbocycles. The van der Waals surface area contributed by atoms with Gasteiger partial charge in [0.2, 0.25) is 0 Å². The molecule has 4 heterocycles. The van der Waals surface area contributed by atoms with Gasteiger partial charge >= 0.3 is 0 Å². The van der Waals surface area contributed by atoms with E-state index >= 15 is 0 Å². The molecule has 2 aliphatic carbocycles. The predicted molar refractivity (Wildman–Crippen MR) is 224 cm³/mol. The van der Waals surface area contributed by atoms with E-state index in [2.05, 4.69) is 114 Å². The van der Waals surface area contributed by atoms with Gasteiger partial charge in [0.25, 0.3) is 10.1 Å². The van der Waals surface area contributed by atoms with E-state index in [1.807, 2.05) is 37.5 Å². The topological polar surface area (TPSA) is 106 Å².